The van der Waals surface area contributed by atoms with Crippen LogP contribution in [0.2, 0.25) is 0 Å². The Balaban J connectivity index is 4.17. The van der Waals surface area contributed by atoms with Crippen LogP contribution in [0.5, 0.6) is 0 Å². The minimum absolute atomic E-state index is 0.0779. The van der Waals surface area contributed by atoms with E-state index in [1.165, 1.54) is 218 Å². The van der Waals surface area contributed by atoms with Gasteiger partial charge in [-0.15, -0.1) is 0 Å². The van der Waals surface area contributed by atoms with Gasteiger partial charge in [0, 0.05) is 19.3 Å². The lowest BCUT2D eigenvalue weighted by Gasteiger charge is -2.18. The van der Waals surface area contributed by atoms with Crippen molar-refractivity contribution in [3.05, 3.63) is 85.1 Å². The van der Waals surface area contributed by atoms with Crippen LogP contribution in [0.25, 0.3) is 0 Å². The fourth-order valence-electron chi connectivity index (χ4n) is 10.5. The molecule has 0 aromatic heterocycles. The van der Waals surface area contributed by atoms with E-state index in [4.69, 9.17) is 14.2 Å². The molecule has 0 spiro atoms. The second kappa shape index (κ2) is 71.1. The first kappa shape index (κ1) is 79.6. The van der Waals surface area contributed by atoms with E-state index in [1.54, 1.807) is 0 Å². The van der Waals surface area contributed by atoms with Gasteiger partial charge in [-0.25, -0.2) is 0 Å². The Labute approximate surface area is 515 Å². The van der Waals surface area contributed by atoms with Crippen LogP contribution in [0.1, 0.15) is 367 Å². The maximum Gasteiger partial charge on any atom is 0.306 e. The van der Waals surface area contributed by atoms with Crippen LogP contribution in [-0.4, -0.2) is 37.2 Å². The lowest BCUT2D eigenvalue weighted by molar-refractivity contribution is -0.167. The lowest BCUT2D eigenvalue weighted by Crippen LogP contribution is -2.30. The zero-order valence-electron chi connectivity index (χ0n) is 55.2. The molecule has 0 fully saturated rings. The van der Waals surface area contributed by atoms with Gasteiger partial charge in [-0.2, -0.15) is 0 Å². The highest BCUT2D eigenvalue weighted by molar-refractivity contribution is 5.71. The summed E-state index contributed by atoms with van der Waals surface area (Å²) in [5.41, 5.74) is 0. The van der Waals surface area contributed by atoms with Crippen LogP contribution in [0.4, 0.5) is 0 Å². The number of carbonyl (C=O) groups excluding carboxylic acids is 3. The molecule has 0 N–H and O–H groups in total. The van der Waals surface area contributed by atoms with E-state index in [9.17, 15) is 14.4 Å². The summed E-state index contributed by atoms with van der Waals surface area (Å²) >= 11 is 0. The van der Waals surface area contributed by atoms with E-state index in [-0.39, 0.29) is 31.1 Å². The molecule has 0 aromatic carbocycles. The topological polar surface area (TPSA) is 78.9 Å². The largest absolute Gasteiger partial charge is 0.462 e. The van der Waals surface area contributed by atoms with Crippen molar-refractivity contribution in [1.82, 2.24) is 0 Å². The van der Waals surface area contributed by atoms with E-state index < -0.39 is 6.10 Å². The molecule has 0 bridgehead atoms. The maximum atomic E-state index is 12.9. The fraction of sp³-hybridized carbons (Fsp3) is 0.779. The third kappa shape index (κ3) is 69.3. The van der Waals surface area contributed by atoms with Crippen LogP contribution in [0, 0.1) is 0 Å². The van der Waals surface area contributed by atoms with E-state index in [0.29, 0.717) is 19.3 Å². The molecule has 83 heavy (non-hydrogen) atoms. The molecule has 0 radical (unpaired) electrons. The second-order valence-corrected chi connectivity index (χ2v) is 24.1. The normalized spacial score (nSPS) is 12.6. The zero-order chi connectivity index (χ0) is 59.9. The zero-order valence-corrected chi connectivity index (χ0v) is 55.2. The quantitative estimate of drug-likeness (QED) is 0.0261. The Bertz CT molecular complexity index is 1570. The Morgan fingerprint density at radius 2 is 0.494 bits per heavy atom. The number of carbonyl (C=O) groups is 3. The summed E-state index contributed by atoms with van der Waals surface area (Å²) in [4.78, 5) is 38.4. The molecule has 0 amide bonds. The van der Waals surface area contributed by atoms with Crippen LogP contribution >= 0.6 is 0 Å². The van der Waals surface area contributed by atoms with Gasteiger partial charge in [0.15, 0.2) is 6.10 Å². The van der Waals surface area contributed by atoms with Crippen LogP contribution < -0.4 is 0 Å². The summed E-state index contributed by atoms with van der Waals surface area (Å²) in [5.74, 6) is -0.873. The number of ether oxygens (including phenoxy) is 3. The van der Waals surface area contributed by atoms with E-state index >= 15 is 0 Å². The Hall–Kier alpha value is -3.41. The summed E-state index contributed by atoms with van der Waals surface area (Å²) < 4.78 is 17.0. The molecule has 0 heterocycles. The number of esters is 3. The number of unbranched alkanes of at least 4 members (excludes halogenated alkanes) is 41. The first-order valence-corrected chi connectivity index (χ1v) is 36.1. The smallest absolute Gasteiger partial charge is 0.306 e. The van der Waals surface area contributed by atoms with Crippen molar-refractivity contribution in [3.63, 3.8) is 0 Å². The predicted molar refractivity (Wildman–Crippen MR) is 362 cm³/mol. The van der Waals surface area contributed by atoms with E-state index in [2.05, 4.69) is 106 Å². The molecule has 480 valence electrons. The minimum atomic E-state index is -0.781. The molecule has 0 aliphatic heterocycles. The molecule has 0 rings (SSSR count). The van der Waals surface area contributed by atoms with Crippen molar-refractivity contribution in [2.75, 3.05) is 13.2 Å². The molecule has 0 aliphatic carbocycles. The average Bonchev–Trinajstić information content (AvgIpc) is 3.49. The van der Waals surface area contributed by atoms with E-state index in [1.807, 2.05) is 0 Å². The molecule has 6 heteroatoms. The molecule has 0 aromatic rings. The third-order valence-corrected chi connectivity index (χ3v) is 15.9. The Morgan fingerprint density at radius 1 is 0.253 bits per heavy atom. The molecule has 1 atom stereocenters. The van der Waals surface area contributed by atoms with Crippen molar-refractivity contribution in [1.29, 1.82) is 0 Å². The molecule has 1 unspecified atom stereocenters. The van der Waals surface area contributed by atoms with Crippen LogP contribution in [0.15, 0.2) is 85.1 Å². The van der Waals surface area contributed by atoms with Gasteiger partial charge >= 0.3 is 17.9 Å². The summed E-state index contributed by atoms with van der Waals surface area (Å²) in [7, 11) is 0. The highest BCUT2D eigenvalue weighted by Crippen LogP contribution is 2.18. The van der Waals surface area contributed by atoms with Gasteiger partial charge < -0.3 is 14.2 Å². The van der Waals surface area contributed by atoms with Gasteiger partial charge in [-0.1, -0.05) is 343 Å². The van der Waals surface area contributed by atoms with Crippen molar-refractivity contribution in [2.24, 2.45) is 0 Å². The van der Waals surface area contributed by atoms with Crippen molar-refractivity contribution >= 4 is 17.9 Å². The van der Waals surface area contributed by atoms with Crippen molar-refractivity contribution in [2.45, 2.75) is 374 Å². The van der Waals surface area contributed by atoms with Crippen molar-refractivity contribution < 1.29 is 28.6 Å². The number of rotatable bonds is 66. The molecule has 6 nitrogen and oxygen atoms in total. The third-order valence-electron chi connectivity index (χ3n) is 15.9. The summed E-state index contributed by atoms with van der Waals surface area (Å²) in [6, 6.07) is 0. The first-order valence-electron chi connectivity index (χ1n) is 36.1. The fourth-order valence-corrected chi connectivity index (χ4v) is 10.5. The molecule has 0 saturated heterocycles. The van der Waals surface area contributed by atoms with E-state index in [0.717, 1.165) is 109 Å². The van der Waals surface area contributed by atoms with Crippen LogP contribution in [-0.2, 0) is 28.6 Å². The SMILES string of the molecule is CC/C=C\C/C=C\C/C=C\C/C=C\C/C=C\C/C=C\CCCCCCCCCCCCC(=O)OCC(COC(=O)CCCCCCC/C=C\CCC)OC(=O)CCCCCCCCCCCCCCCCCCCCCCCCCCCC. The average molecular weight is 1160 g/mol. The summed E-state index contributed by atoms with van der Waals surface area (Å²) in [5, 5.41) is 0. The second-order valence-electron chi connectivity index (χ2n) is 24.1. The van der Waals surface area contributed by atoms with Crippen molar-refractivity contribution in [3.8, 4) is 0 Å². The van der Waals surface area contributed by atoms with Gasteiger partial charge in [0.1, 0.15) is 13.2 Å². The molecule has 0 aliphatic rings. The monoisotopic (exact) mass is 1160 g/mol. The molecular weight excluding hydrogens is 1020 g/mol. The van der Waals surface area contributed by atoms with Gasteiger partial charge in [-0.05, 0) is 89.9 Å². The minimum Gasteiger partial charge on any atom is -0.462 e. The van der Waals surface area contributed by atoms with Gasteiger partial charge in [-0.3, -0.25) is 14.4 Å². The highest BCUT2D eigenvalue weighted by Gasteiger charge is 2.19. The number of hydrogen-bond acceptors (Lipinski definition) is 6. The molecular formula is C77H136O6. The van der Waals surface area contributed by atoms with Gasteiger partial charge in [0.25, 0.3) is 0 Å². The maximum absolute atomic E-state index is 12.9. The summed E-state index contributed by atoms with van der Waals surface area (Å²) in [6.45, 7) is 6.51. The first-order chi connectivity index (χ1) is 41.0. The molecule has 0 saturated carbocycles. The summed E-state index contributed by atoms with van der Waals surface area (Å²) in [6.07, 6.45) is 94.9. The number of hydrogen-bond donors (Lipinski definition) is 0. The van der Waals surface area contributed by atoms with Crippen LogP contribution in [0.3, 0.4) is 0 Å². The van der Waals surface area contributed by atoms with Gasteiger partial charge in [0.2, 0.25) is 0 Å². The predicted octanol–water partition coefficient (Wildman–Crippen LogP) is 25.0. The Kier molecular flexibility index (Phi) is 68.2. The highest BCUT2D eigenvalue weighted by atomic mass is 16.6. The number of allylic oxidation sites excluding steroid dienone is 14. The lowest BCUT2D eigenvalue weighted by atomic mass is 10.0. The standard InChI is InChI=1S/C77H136O6/c1-4-7-10-13-16-19-22-24-26-28-30-32-34-36-38-39-40-42-43-45-47-49-51-53-55-58-61-64-67-70-76(79)82-73-74(72-81-75(78)69-66-63-60-57-21-18-15-12-9-6-3)83-77(80)71-68-65-62-59-56-54-52-50-48-46-44-41-37-35-33-31-29-27-25-23-20-17-14-11-8-5-2/h7,10,12,15-16,19,24,26,30,32,36,38,40,42,74H,4-6,8-9,11,13-14,17-18,20-23,25,27-29,31,33-35,37,39,41,43-73H2,1-3H3/b10-7-,15-12-,19-16-,26-24-,32-30-,38-36-,42-40-. The van der Waals surface area contributed by atoms with Gasteiger partial charge in [0.05, 0.1) is 0 Å². The Morgan fingerprint density at radius 3 is 0.795 bits per heavy atom.